The predicted molar refractivity (Wildman–Crippen MR) is 72.2 cm³/mol. The van der Waals surface area contributed by atoms with Crippen LogP contribution >= 0.6 is 11.6 Å². The van der Waals surface area contributed by atoms with E-state index in [1.165, 1.54) is 6.20 Å². The highest BCUT2D eigenvalue weighted by molar-refractivity contribution is 6.29. The molecule has 0 fully saturated rings. The van der Waals surface area contributed by atoms with Gasteiger partial charge in [-0.05, 0) is 18.1 Å². The molecule has 0 unspecified atom stereocenters. The third-order valence-corrected chi connectivity index (χ3v) is 2.68. The van der Waals surface area contributed by atoms with Crippen molar-refractivity contribution in [3.63, 3.8) is 0 Å². The van der Waals surface area contributed by atoms with E-state index in [4.69, 9.17) is 16.3 Å². The van der Waals surface area contributed by atoms with Crippen LogP contribution in [0.15, 0.2) is 36.7 Å². The Bertz CT molecular complexity index is 519. The number of nitrogens with zero attached hydrogens (tertiary/aromatic N) is 2. The Hall–Kier alpha value is -1.81. The average Bonchev–Trinajstić information content (AvgIpc) is 2.39. The number of ether oxygens (including phenoxy) is 1. The Morgan fingerprint density at radius 1 is 1.28 bits per heavy atom. The van der Waals surface area contributed by atoms with Gasteiger partial charge in [0.1, 0.15) is 16.7 Å². The molecule has 0 saturated heterocycles. The number of benzene rings is 1. The largest absolute Gasteiger partial charge is 0.496 e. The quantitative estimate of drug-likeness (QED) is 0.901. The third kappa shape index (κ3) is 3.34. The van der Waals surface area contributed by atoms with Crippen LogP contribution in [0.5, 0.6) is 5.75 Å². The number of para-hydroxylation sites is 1. The molecule has 4 nitrogen and oxygen atoms in total. The van der Waals surface area contributed by atoms with Crippen molar-refractivity contribution in [1.29, 1.82) is 0 Å². The number of hydrogen-bond donors (Lipinski definition) is 1. The number of methoxy groups -OCH3 is 1. The SMILES string of the molecule is COc1ccccc1CCNc1cncc(Cl)n1. The topological polar surface area (TPSA) is 47.0 Å². The highest BCUT2D eigenvalue weighted by Gasteiger charge is 2.01. The maximum Gasteiger partial charge on any atom is 0.149 e. The molecule has 0 atom stereocenters. The monoisotopic (exact) mass is 263 g/mol. The van der Waals surface area contributed by atoms with Crippen LogP contribution in [0.25, 0.3) is 0 Å². The van der Waals surface area contributed by atoms with Gasteiger partial charge < -0.3 is 10.1 Å². The molecule has 0 aliphatic carbocycles. The smallest absolute Gasteiger partial charge is 0.149 e. The molecule has 94 valence electrons. The van der Waals surface area contributed by atoms with Crippen LogP contribution in [0.4, 0.5) is 5.82 Å². The Morgan fingerprint density at radius 3 is 2.89 bits per heavy atom. The molecule has 1 N–H and O–H groups in total. The Balaban J connectivity index is 1.92. The summed E-state index contributed by atoms with van der Waals surface area (Å²) in [5.74, 6) is 1.58. The van der Waals surface area contributed by atoms with Gasteiger partial charge in [0.25, 0.3) is 0 Å². The molecular weight excluding hydrogens is 250 g/mol. The van der Waals surface area contributed by atoms with Crippen molar-refractivity contribution >= 4 is 17.4 Å². The molecule has 0 bridgehead atoms. The molecule has 0 aliphatic rings. The highest BCUT2D eigenvalue weighted by Crippen LogP contribution is 2.17. The summed E-state index contributed by atoms with van der Waals surface area (Å²) < 4.78 is 5.29. The highest BCUT2D eigenvalue weighted by atomic mass is 35.5. The molecule has 2 aromatic rings. The van der Waals surface area contributed by atoms with Gasteiger partial charge in [-0.2, -0.15) is 0 Å². The van der Waals surface area contributed by atoms with Crippen molar-refractivity contribution < 1.29 is 4.74 Å². The van der Waals surface area contributed by atoms with Crippen LogP contribution in [-0.4, -0.2) is 23.6 Å². The summed E-state index contributed by atoms with van der Waals surface area (Å²) >= 11 is 5.75. The first-order valence-corrected chi connectivity index (χ1v) is 6.00. The lowest BCUT2D eigenvalue weighted by Crippen LogP contribution is -2.07. The van der Waals surface area contributed by atoms with E-state index in [1.54, 1.807) is 13.3 Å². The lowest BCUT2D eigenvalue weighted by atomic mass is 10.1. The second-order valence-electron chi connectivity index (χ2n) is 3.72. The summed E-state index contributed by atoms with van der Waals surface area (Å²) in [6, 6.07) is 7.95. The molecule has 1 heterocycles. The molecule has 0 spiro atoms. The molecule has 0 saturated carbocycles. The first-order chi connectivity index (χ1) is 8.79. The van der Waals surface area contributed by atoms with Crippen LogP contribution in [0, 0.1) is 0 Å². The number of halogens is 1. The lowest BCUT2D eigenvalue weighted by Gasteiger charge is -2.09. The van der Waals surface area contributed by atoms with E-state index < -0.39 is 0 Å². The third-order valence-electron chi connectivity index (χ3n) is 2.50. The van der Waals surface area contributed by atoms with Crippen molar-refractivity contribution in [2.24, 2.45) is 0 Å². The number of aromatic nitrogens is 2. The zero-order chi connectivity index (χ0) is 12.8. The van der Waals surface area contributed by atoms with E-state index in [2.05, 4.69) is 15.3 Å². The number of rotatable bonds is 5. The molecule has 0 aliphatic heterocycles. The van der Waals surface area contributed by atoms with E-state index in [1.807, 2.05) is 24.3 Å². The zero-order valence-electron chi connectivity index (χ0n) is 10.1. The standard InChI is InChI=1S/C13H14ClN3O/c1-18-11-5-3-2-4-10(11)6-7-16-13-9-15-8-12(14)17-13/h2-5,8-9H,6-7H2,1H3,(H,16,17). The van der Waals surface area contributed by atoms with E-state index in [0.29, 0.717) is 11.0 Å². The summed E-state index contributed by atoms with van der Waals surface area (Å²) in [6.07, 6.45) is 4.00. The molecular formula is C13H14ClN3O. The minimum absolute atomic E-state index is 0.386. The van der Waals surface area contributed by atoms with Gasteiger partial charge in [-0.1, -0.05) is 29.8 Å². The van der Waals surface area contributed by atoms with E-state index >= 15 is 0 Å². The van der Waals surface area contributed by atoms with Gasteiger partial charge in [-0.15, -0.1) is 0 Å². The number of anilines is 1. The van der Waals surface area contributed by atoms with E-state index in [0.717, 1.165) is 24.3 Å². The first kappa shape index (κ1) is 12.6. The number of nitrogens with one attached hydrogen (secondary N) is 1. The second-order valence-corrected chi connectivity index (χ2v) is 4.10. The Kier molecular flexibility index (Phi) is 4.36. The molecule has 18 heavy (non-hydrogen) atoms. The summed E-state index contributed by atoms with van der Waals surface area (Å²) in [5, 5.41) is 3.56. The van der Waals surface area contributed by atoms with Gasteiger partial charge in [0, 0.05) is 6.54 Å². The van der Waals surface area contributed by atoms with Crippen LogP contribution in [0.2, 0.25) is 5.15 Å². The minimum atomic E-state index is 0.386. The van der Waals surface area contributed by atoms with Gasteiger partial charge in [-0.3, -0.25) is 4.98 Å². The fourth-order valence-electron chi connectivity index (χ4n) is 1.66. The van der Waals surface area contributed by atoms with Crippen molar-refractivity contribution in [3.8, 4) is 5.75 Å². The predicted octanol–water partition coefficient (Wildman–Crippen LogP) is 2.79. The van der Waals surface area contributed by atoms with Gasteiger partial charge in [-0.25, -0.2) is 4.98 Å². The molecule has 2 rings (SSSR count). The van der Waals surface area contributed by atoms with Crippen LogP contribution in [0.3, 0.4) is 0 Å². The second kappa shape index (κ2) is 6.21. The maximum absolute atomic E-state index is 5.75. The summed E-state index contributed by atoms with van der Waals surface area (Å²) in [7, 11) is 1.68. The number of hydrogen-bond acceptors (Lipinski definition) is 4. The van der Waals surface area contributed by atoms with Crippen molar-refractivity contribution in [3.05, 3.63) is 47.4 Å². The van der Waals surface area contributed by atoms with Crippen LogP contribution in [-0.2, 0) is 6.42 Å². The van der Waals surface area contributed by atoms with Crippen molar-refractivity contribution in [2.45, 2.75) is 6.42 Å². The Labute approximate surface area is 111 Å². The fourth-order valence-corrected chi connectivity index (χ4v) is 1.81. The maximum atomic E-state index is 5.75. The zero-order valence-corrected chi connectivity index (χ0v) is 10.8. The molecule has 1 aromatic heterocycles. The summed E-state index contributed by atoms with van der Waals surface area (Å²) in [5.41, 5.74) is 1.16. The molecule has 1 aromatic carbocycles. The van der Waals surface area contributed by atoms with E-state index in [9.17, 15) is 0 Å². The van der Waals surface area contributed by atoms with Gasteiger partial charge in [0.05, 0.1) is 19.5 Å². The summed E-state index contributed by atoms with van der Waals surface area (Å²) in [6.45, 7) is 0.745. The first-order valence-electron chi connectivity index (χ1n) is 5.63. The van der Waals surface area contributed by atoms with Gasteiger partial charge >= 0.3 is 0 Å². The van der Waals surface area contributed by atoms with Crippen molar-refractivity contribution in [1.82, 2.24) is 9.97 Å². The average molecular weight is 264 g/mol. The molecule has 0 radical (unpaired) electrons. The van der Waals surface area contributed by atoms with E-state index in [-0.39, 0.29) is 0 Å². The molecule has 5 heteroatoms. The van der Waals surface area contributed by atoms with Gasteiger partial charge in [0.15, 0.2) is 0 Å². The lowest BCUT2D eigenvalue weighted by molar-refractivity contribution is 0.410. The van der Waals surface area contributed by atoms with Crippen LogP contribution < -0.4 is 10.1 Å². The summed E-state index contributed by atoms with van der Waals surface area (Å²) in [4.78, 5) is 8.07. The normalized spacial score (nSPS) is 10.1. The van der Waals surface area contributed by atoms with Gasteiger partial charge in [0.2, 0.25) is 0 Å². The van der Waals surface area contributed by atoms with Crippen molar-refractivity contribution in [2.75, 3.05) is 19.0 Å². The van der Waals surface area contributed by atoms with Crippen LogP contribution in [0.1, 0.15) is 5.56 Å². The fraction of sp³-hybridized carbons (Fsp3) is 0.231. The molecule has 0 amide bonds. The minimum Gasteiger partial charge on any atom is -0.496 e. The Morgan fingerprint density at radius 2 is 2.11 bits per heavy atom.